The van der Waals surface area contributed by atoms with E-state index in [2.05, 4.69) is 64.5 Å². The maximum atomic E-state index is 13.3. The number of hydrogen-bond donors (Lipinski definition) is 2. The largest absolute Gasteiger partial charge is 0.508 e. The topological polar surface area (TPSA) is 119 Å². The molecule has 3 heterocycles. The zero-order chi connectivity index (χ0) is 38.3. The van der Waals surface area contributed by atoms with Crippen molar-refractivity contribution in [3.8, 4) is 11.5 Å². The maximum absolute atomic E-state index is 13.3. The lowest BCUT2D eigenvalue weighted by Gasteiger charge is -2.36. The molecule has 0 saturated carbocycles. The number of fused-ring (bicyclic) bond motifs is 1. The highest BCUT2D eigenvalue weighted by Crippen LogP contribution is 2.33. The molecule has 0 radical (unpaired) electrons. The molecule has 284 valence electrons. The minimum atomic E-state index is -0.964. The number of nitrogens with one attached hydrogen (secondary N) is 1. The van der Waals surface area contributed by atoms with Gasteiger partial charge in [-0.25, -0.2) is 0 Å². The fourth-order valence-electron chi connectivity index (χ4n) is 7.77. The second-order valence-corrected chi connectivity index (χ2v) is 14.5. The third-order valence-corrected chi connectivity index (χ3v) is 10.9. The van der Waals surface area contributed by atoms with E-state index in [9.17, 15) is 24.3 Å². The van der Waals surface area contributed by atoms with Crippen LogP contribution in [0.1, 0.15) is 88.8 Å². The van der Waals surface area contributed by atoms with Gasteiger partial charge in [-0.05, 0) is 103 Å². The number of carbonyl (C=O) groups excluding carboxylic acids is 4. The molecule has 0 spiro atoms. The summed E-state index contributed by atoms with van der Waals surface area (Å²) in [6, 6.07) is 30.6. The molecular weight excluding hydrogens is 693 g/mol. The van der Waals surface area contributed by atoms with Gasteiger partial charge < -0.3 is 14.7 Å². The standard InChI is InChI=1S/C45H48N4O6/c1-2-31(32-9-5-3-6-10-32)29-39(33-11-16-36(50)17-12-33)34-13-18-37(19-14-34)55-28-8-4-7-23-47-24-26-48(27-25-47)35-15-20-38-40(30-35)45(54)49(44(38)53)41-21-22-42(51)46-43(41)52/h3,5-6,9-20,29-31,41,50H,2,4,7-8,21-28H2,1H3,(H,46,51,52)/b39-29+. The number of imide groups is 2. The number of unbranched alkanes of at least 4 members (excludes halogenated alkanes) is 2. The monoisotopic (exact) mass is 740 g/mol. The number of phenols is 1. The van der Waals surface area contributed by atoms with E-state index in [0.717, 1.165) is 91.4 Å². The normalized spacial score (nSPS) is 18.3. The molecule has 3 aliphatic rings. The van der Waals surface area contributed by atoms with Gasteiger partial charge in [0.2, 0.25) is 11.8 Å². The summed E-state index contributed by atoms with van der Waals surface area (Å²) in [7, 11) is 0. The van der Waals surface area contributed by atoms with E-state index in [1.165, 1.54) is 5.56 Å². The molecule has 0 aromatic heterocycles. The van der Waals surface area contributed by atoms with Gasteiger partial charge in [-0.1, -0.05) is 67.6 Å². The molecule has 4 aromatic rings. The van der Waals surface area contributed by atoms with Crippen LogP contribution in [0.25, 0.3) is 5.57 Å². The molecule has 0 aliphatic carbocycles. The van der Waals surface area contributed by atoms with Crippen LogP contribution >= 0.6 is 0 Å². The predicted octanol–water partition coefficient (Wildman–Crippen LogP) is 6.79. The van der Waals surface area contributed by atoms with Crippen LogP contribution in [0.3, 0.4) is 0 Å². The first-order chi connectivity index (χ1) is 26.8. The van der Waals surface area contributed by atoms with Crippen molar-refractivity contribution in [1.29, 1.82) is 0 Å². The summed E-state index contributed by atoms with van der Waals surface area (Å²) in [5, 5.41) is 12.2. The Labute approximate surface area is 322 Å². The summed E-state index contributed by atoms with van der Waals surface area (Å²) in [4.78, 5) is 56.0. The van der Waals surface area contributed by atoms with Crippen LogP contribution < -0.4 is 15.0 Å². The van der Waals surface area contributed by atoms with Gasteiger partial charge in [0.25, 0.3) is 11.8 Å². The quantitative estimate of drug-likeness (QED) is 0.107. The maximum Gasteiger partial charge on any atom is 0.262 e. The second kappa shape index (κ2) is 17.2. The number of amides is 4. The zero-order valence-electron chi connectivity index (χ0n) is 31.3. The second-order valence-electron chi connectivity index (χ2n) is 14.5. The Balaban J connectivity index is 0.855. The number of piperidine rings is 1. The number of ether oxygens (including phenoxy) is 1. The van der Waals surface area contributed by atoms with Crippen molar-refractivity contribution >= 4 is 34.9 Å². The molecule has 2 N–H and O–H groups in total. The summed E-state index contributed by atoms with van der Waals surface area (Å²) in [6.07, 6.45) is 6.65. The van der Waals surface area contributed by atoms with Gasteiger partial charge in [-0.2, -0.15) is 0 Å². The van der Waals surface area contributed by atoms with Crippen LogP contribution in [0.4, 0.5) is 5.69 Å². The molecule has 4 aromatic carbocycles. The molecule has 0 bridgehead atoms. The number of aromatic hydroxyl groups is 1. The summed E-state index contributed by atoms with van der Waals surface area (Å²) >= 11 is 0. The van der Waals surface area contributed by atoms with Crippen molar-refractivity contribution in [2.24, 2.45) is 0 Å². The molecular formula is C45H48N4O6. The molecule has 2 fully saturated rings. The first-order valence-electron chi connectivity index (χ1n) is 19.4. The highest BCUT2D eigenvalue weighted by atomic mass is 16.5. The van der Waals surface area contributed by atoms with E-state index >= 15 is 0 Å². The van der Waals surface area contributed by atoms with E-state index in [4.69, 9.17) is 4.74 Å². The average molecular weight is 741 g/mol. The number of allylic oxidation sites excluding steroid dienone is 1. The SMILES string of the molecule is CCC(/C=C(\c1ccc(O)cc1)c1ccc(OCCCCCN2CCN(c3ccc4c(c3)C(=O)N(C3CCC(=O)NC3=O)C4=O)CC2)cc1)c1ccccc1. The van der Waals surface area contributed by atoms with E-state index in [1.807, 2.05) is 36.4 Å². The molecule has 4 amide bonds. The van der Waals surface area contributed by atoms with E-state index in [0.29, 0.717) is 17.7 Å². The fraction of sp³-hybridized carbons (Fsp3) is 0.333. The number of phenolic OH excluding ortho intramolecular Hbond substituents is 1. The van der Waals surface area contributed by atoms with Crippen LogP contribution in [0.5, 0.6) is 11.5 Å². The van der Waals surface area contributed by atoms with E-state index in [1.54, 1.807) is 24.3 Å². The Morgan fingerprint density at radius 3 is 2.20 bits per heavy atom. The Morgan fingerprint density at radius 2 is 1.51 bits per heavy atom. The van der Waals surface area contributed by atoms with Crippen molar-refractivity contribution in [3.63, 3.8) is 0 Å². The third-order valence-electron chi connectivity index (χ3n) is 10.9. The molecule has 2 unspecified atom stereocenters. The summed E-state index contributed by atoms with van der Waals surface area (Å²) in [6.45, 7) is 7.29. The molecule has 55 heavy (non-hydrogen) atoms. The fourth-order valence-corrected chi connectivity index (χ4v) is 7.77. The van der Waals surface area contributed by atoms with Crippen molar-refractivity contribution < 1.29 is 29.0 Å². The van der Waals surface area contributed by atoms with Crippen molar-refractivity contribution in [3.05, 3.63) is 131 Å². The molecule has 10 heteroatoms. The number of anilines is 1. The number of rotatable bonds is 14. The molecule has 2 atom stereocenters. The van der Waals surface area contributed by atoms with Gasteiger partial charge in [-0.3, -0.25) is 34.3 Å². The van der Waals surface area contributed by atoms with Gasteiger partial charge in [-0.15, -0.1) is 0 Å². The number of nitrogens with zero attached hydrogens (tertiary/aromatic N) is 3. The Morgan fingerprint density at radius 1 is 0.818 bits per heavy atom. The molecule has 2 saturated heterocycles. The number of piperazine rings is 1. The number of carbonyl (C=O) groups is 4. The lowest BCUT2D eigenvalue weighted by Crippen LogP contribution is -2.54. The van der Waals surface area contributed by atoms with Crippen molar-refractivity contribution in [2.45, 2.75) is 57.4 Å². The van der Waals surface area contributed by atoms with Crippen molar-refractivity contribution in [2.75, 3.05) is 44.2 Å². The van der Waals surface area contributed by atoms with Gasteiger partial charge in [0.05, 0.1) is 17.7 Å². The highest BCUT2D eigenvalue weighted by Gasteiger charge is 2.44. The summed E-state index contributed by atoms with van der Waals surface area (Å²) in [5.74, 6) is -0.594. The van der Waals surface area contributed by atoms with Crippen LogP contribution in [-0.4, -0.2) is 83.9 Å². The summed E-state index contributed by atoms with van der Waals surface area (Å²) < 4.78 is 6.13. The lowest BCUT2D eigenvalue weighted by atomic mass is 9.89. The van der Waals surface area contributed by atoms with Crippen LogP contribution in [0.2, 0.25) is 0 Å². The summed E-state index contributed by atoms with van der Waals surface area (Å²) in [5.41, 5.74) is 6.06. The minimum absolute atomic E-state index is 0.0982. The first kappa shape index (κ1) is 37.6. The Kier molecular flexibility index (Phi) is 11.7. The third kappa shape index (κ3) is 8.65. The van der Waals surface area contributed by atoms with Crippen molar-refractivity contribution in [1.82, 2.24) is 15.1 Å². The van der Waals surface area contributed by atoms with Gasteiger partial charge in [0, 0.05) is 44.2 Å². The van der Waals surface area contributed by atoms with Gasteiger partial charge in [0.1, 0.15) is 17.5 Å². The number of hydrogen-bond acceptors (Lipinski definition) is 8. The highest BCUT2D eigenvalue weighted by molar-refractivity contribution is 6.23. The van der Waals surface area contributed by atoms with E-state index < -0.39 is 23.8 Å². The smallest absolute Gasteiger partial charge is 0.262 e. The predicted molar refractivity (Wildman–Crippen MR) is 212 cm³/mol. The molecule has 3 aliphatic heterocycles. The molecule has 7 rings (SSSR count). The number of benzene rings is 4. The lowest BCUT2D eigenvalue weighted by molar-refractivity contribution is -0.136. The average Bonchev–Trinajstić information content (AvgIpc) is 3.46. The van der Waals surface area contributed by atoms with Crippen LogP contribution in [-0.2, 0) is 9.59 Å². The van der Waals surface area contributed by atoms with Gasteiger partial charge >= 0.3 is 0 Å². The van der Waals surface area contributed by atoms with Gasteiger partial charge in [0.15, 0.2) is 0 Å². The molecule has 10 nitrogen and oxygen atoms in total. The van der Waals surface area contributed by atoms with Crippen LogP contribution in [0.15, 0.2) is 103 Å². The van der Waals surface area contributed by atoms with E-state index in [-0.39, 0.29) is 30.4 Å². The first-order valence-corrected chi connectivity index (χ1v) is 19.4. The zero-order valence-corrected chi connectivity index (χ0v) is 31.3. The Bertz CT molecular complexity index is 2040. The minimum Gasteiger partial charge on any atom is -0.508 e. The Hall–Kier alpha value is -5.74. The van der Waals surface area contributed by atoms with Crippen LogP contribution in [0, 0.1) is 0 Å².